The van der Waals surface area contributed by atoms with E-state index in [4.69, 9.17) is 0 Å². The Labute approximate surface area is 68.2 Å². The third-order valence-corrected chi connectivity index (χ3v) is 2.91. The second-order valence-electron chi connectivity index (χ2n) is 1.97. The Hall–Kier alpha value is -0.280. The second-order valence-corrected chi connectivity index (χ2v) is 3.77. The van der Waals surface area contributed by atoms with Gasteiger partial charge in [0.25, 0.3) is 0 Å². The number of aliphatic imine (C=N–C) groups is 1. The topological polar surface area (TPSA) is 12.4 Å². The molecule has 0 aromatic carbocycles. The largest absolute Gasteiger partial charge is 0.277 e. The van der Waals surface area contributed by atoms with Crippen molar-refractivity contribution in [3.8, 4) is 0 Å². The van der Waals surface area contributed by atoms with Crippen molar-refractivity contribution >= 4 is 28.1 Å². The molecule has 0 saturated heterocycles. The van der Waals surface area contributed by atoms with E-state index in [0.717, 1.165) is 12.3 Å². The Kier molecular flexibility index (Phi) is 1.78. The zero-order chi connectivity index (χ0) is 6.81. The van der Waals surface area contributed by atoms with Crippen molar-refractivity contribution in [2.45, 2.75) is 0 Å². The Morgan fingerprint density at radius 2 is 2.60 bits per heavy atom. The first-order chi connectivity index (χ1) is 4.97. The van der Waals surface area contributed by atoms with E-state index < -0.39 is 0 Å². The molecule has 1 radical (unpaired) electrons. The predicted octanol–water partition coefficient (Wildman–Crippen LogP) is 2.04. The van der Waals surface area contributed by atoms with Crippen LogP contribution < -0.4 is 0 Å². The standard InChI is InChI=1S/C7H6NS2/c1-3-9-5-6(1)7-8-2-4-10-7/h1,3H,2,4H2. The van der Waals surface area contributed by atoms with Gasteiger partial charge in [-0.15, -0.1) is 23.1 Å². The van der Waals surface area contributed by atoms with Crippen molar-refractivity contribution in [3.05, 3.63) is 22.4 Å². The summed E-state index contributed by atoms with van der Waals surface area (Å²) in [6.07, 6.45) is 0. The minimum absolute atomic E-state index is 0.976. The maximum absolute atomic E-state index is 4.33. The summed E-state index contributed by atoms with van der Waals surface area (Å²) in [5.41, 5.74) is 1.17. The predicted molar refractivity (Wildman–Crippen MR) is 47.0 cm³/mol. The molecule has 2 heterocycles. The van der Waals surface area contributed by atoms with E-state index in [1.54, 1.807) is 11.3 Å². The summed E-state index contributed by atoms with van der Waals surface area (Å²) < 4.78 is 0. The van der Waals surface area contributed by atoms with Gasteiger partial charge in [-0.2, -0.15) is 0 Å². The van der Waals surface area contributed by atoms with Crippen LogP contribution in [0.3, 0.4) is 0 Å². The van der Waals surface area contributed by atoms with Gasteiger partial charge in [0.05, 0.1) is 10.4 Å². The number of hydrogen-bond donors (Lipinski definition) is 0. The van der Waals surface area contributed by atoms with E-state index in [1.807, 2.05) is 17.1 Å². The van der Waals surface area contributed by atoms with E-state index in [2.05, 4.69) is 16.4 Å². The van der Waals surface area contributed by atoms with Gasteiger partial charge in [0.15, 0.2) is 0 Å². The van der Waals surface area contributed by atoms with E-state index in [-0.39, 0.29) is 0 Å². The third-order valence-electron chi connectivity index (χ3n) is 1.29. The highest BCUT2D eigenvalue weighted by atomic mass is 32.2. The molecule has 1 aliphatic rings. The van der Waals surface area contributed by atoms with Gasteiger partial charge >= 0.3 is 0 Å². The van der Waals surface area contributed by atoms with Gasteiger partial charge in [-0.3, -0.25) is 4.99 Å². The Balaban J connectivity index is 2.28. The maximum atomic E-state index is 4.33. The van der Waals surface area contributed by atoms with Crippen molar-refractivity contribution < 1.29 is 0 Å². The van der Waals surface area contributed by atoms with Crippen LogP contribution in [-0.2, 0) is 0 Å². The van der Waals surface area contributed by atoms with E-state index in [9.17, 15) is 0 Å². The van der Waals surface area contributed by atoms with Gasteiger partial charge in [0.1, 0.15) is 0 Å². The van der Waals surface area contributed by atoms with Crippen molar-refractivity contribution in [2.75, 3.05) is 12.3 Å². The van der Waals surface area contributed by atoms with Crippen LogP contribution in [0.1, 0.15) is 5.56 Å². The molecule has 0 N–H and O–H groups in total. The summed E-state index contributed by atoms with van der Waals surface area (Å²) in [6.45, 7) is 0.976. The maximum Gasteiger partial charge on any atom is 0.0992 e. The first-order valence-electron chi connectivity index (χ1n) is 3.09. The van der Waals surface area contributed by atoms with Gasteiger partial charge in [0.2, 0.25) is 0 Å². The Bertz CT molecular complexity index is 238. The van der Waals surface area contributed by atoms with Crippen LogP contribution >= 0.6 is 23.1 Å². The molecule has 1 aromatic rings. The number of rotatable bonds is 1. The van der Waals surface area contributed by atoms with Crippen molar-refractivity contribution in [1.29, 1.82) is 0 Å². The van der Waals surface area contributed by atoms with Gasteiger partial charge in [-0.25, -0.2) is 0 Å². The number of nitrogens with zero attached hydrogens (tertiary/aromatic N) is 1. The molecule has 1 nitrogen and oxygen atoms in total. The highest BCUT2D eigenvalue weighted by Gasteiger charge is 2.08. The van der Waals surface area contributed by atoms with Crippen LogP contribution in [0, 0.1) is 5.38 Å². The zero-order valence-corrected chi connectivity index (χ0v) is 6.97. The van der Waals surface area contributed by atoms with Crippen LogP contribution in [0.15, 0.2) is 16.4 Å². The van der Waals surface area contributed by atoms with Crippen LogP contribution in [0.5, 0.6) is 0 Å². The fourth-order valence-electron chi connectivity index (χ4n) is 0.847. The first kappa shape index (κ1) is 6.43. The van der Waals surface area contributed by atoms with E-state index in [0.29, 0.717) is 0 Å². The molecule has 0 amide bonds. The van der Waals surface area contributed by atoms with E-state index in [1.165, 1.54) is 10.6 Å². The summed E-state index contributed by atoms with van der Waals surface area (Å²) in [4.78, 5) is 4.33. The minimum atomic E-state index is 0.976. The average molecular weight is 168 g/mol. The van der Waals surface area contributed by atoms with Crippen LogP contribution in [0.2, 0.25) is 0 Å². The molecule has 3 heteroatoms. The van der Waals surface area contributed by atoms with Gasteiger partial charge in [0, 0.05) is 17.9 Å². The smallest absolute Gasteiger partial charge is 0.0992 e. The number of hydrogen-bond acceptors (Lipinski definition) is 3. The highest BCUT2D eigenvalue weighted by Crippen LogP contribution is 2.19. The van der Waals surface area contributed by atoms with Crippen LogP contribution in [-0.4, -0.2) is 17.3 Å². The summed E-state index contributed by atoms with van der Waals surface area (Å²) in [6, 6.07) is 2.07. The summed E-state index contributed by atoms with van der Waals surface area (Å²) >= 11 is 3.43. The lowest BCUT2D eigenvalue weighted by Gasteiger charge is -1.90. The first-order valence-corrected chi connectivity index (χ1v) is 4.96. The second kappa shape index (κ2) is 2.76. The third kappa shape index (κ3) is 1.11. The average Bonchev–Trinajstić information content (AvgIpc) is 2.59. The fourth-order valence-corrected chi connectivity index (χ4v) is 2.31. The Morgan fingerprint density at radius 3 is 3.20 bits per heavy atom. The van der Waals surface area contributed by atoms with Crippen molar-refractivity contribution in [3.63, 3.8) is 0 Å². The number of thioether (sulfide) groups is 1. The molecule has 0 fully saturated rings. The molecule has 0 atom stereocenters. The molecule has 0 aliphatic carbocycles. The lowest BCUT2D eigenvalue weighted by atomic mass is 10.4. The van der Waals surface area contributed by atoms with Crippen molar-refractivity contribution in [2.24, 2.45) is 4.99 Å². The summed E-state index contributed by atoms with van der Waals surface area (Å²) in [5.74, 6) is 1.14. The molecule has 0 unspecified atom stereocenters. The highest BCUT2D eigenvalue weighted by molar-refractivity contribution is 8.14. The Morgan fingerprint density at radius 1 is 1.60 bits per heavy atom. The molecule has 51 valence electrons. The lowest BCUT2D eigenvalue weighted by Crippen LogP contribution is -1.86. The summed E-state index contributed by atoms with van der Waals surface area (Å²) in [7, 11) is 0. The molecule has 0 saturated carbocycles. The number of thiophene rings is 1. The molecule has 0 spiro atoms. The molecule has 1 aliphatic heterocycles. The molecule has 10 heavy (non-hydrogen) atoms. The van der Waals surface area contributed by atoms with Crippen LogP contribution in [0.4, 0.5) is 0 Å². The molecule has 1 aromatic heterocycles. The molecular weight excluding hydrogens is 162 g/mol. The van der Waals surface area contributed by atoms with Crippen molar-refractivity contribution in [1.82, 2.24) is 0 Å². The summed E-state index contributed by atoms with van der Waals surface area (Å²) in [5, 5.41) is 6.38. The van der Waals surface area contributed by atoms with Gasteiger partial charge in [-0.1, -0.05) is 0 Å². The SMILES string of the molecule is [c]1sccc1C1=NCCS1. The molecular formula is C7H6NS2. The minimum Gasteiger partial charge on any atom is -0.277 e. The monoisotopic (exact) mass is 168 g/mol. The lowest BCUT2D eigenvalue weighted by molar-refractivity contribution is 1.18. The van der Waals surface area contributed by atoms with Gasteiger partial charge in [-0.05, 0) is 11.4 Å². The van der Waals surface area contributed by atoms with Gasteiger partial charge < -0.3 is 0 Å². The fraction of sp³-hybridized carbons (Fsp3) is 0.286. The normalized spacial score (nSPS) is 17.4. The zero-order valence-electron chi connectivity index (χ0n) is 5.33. The van der Waals surface area contributed by atoms with Crippen LogP contribution in [0.25, 0.3) is 0 Å². The van der Waals surface area contributed by atoms with E-state index >= 15 is 0 Å². The molecule has 0 bridgehead atoms. The quantitative estimate of drug-likeness (QED) is 0.625. The molecule has 2 rings (SSSR count).